The Kier molecular flexibility index (Phi) is 5.45. The molecule has 1 N–H and O–H groups in total. The van der Waals surface area contributed by atoms with E-state index >= 15 is 0 Å². The maximum Gasteiger partial charge on any atom is 0.245 e. The molecule has 7 heteroatoms. The third kappa shape index (κ3) is 4.81. The van der Waals surface area contributed by atoms with Crippen LogP contribution < -0.4 is 9.62 Å². The van der Waals surface area contributed by atoms with Crippen LogP contribution in [0.1, 0.15) is 16.7 Å². The first-order valence-corrected chi connectivity index (χ1v) is 9.40. The van der Waals surface area contributed by atoms with E-state index < -0.39 is 15.9 Å². The van der Waals surface area contributed by atoms with E-state index in [-0.39, 0.29) is 12.2 Å². The van der Waals surface area contributed by atoms with E-state index in [4.69, 9.17) is 5.26 Å². The summed E-state index contributed by atoms with van der Waals surface area (Å²) >= 11 is 0. The quantitative estimate of drug-likeness (QED) is 0.890. The van der Waals surface area contributed by atoms with E-state index in [1.54, 1.807) is 24.3 Å². The zero-order valence-corrected chi connectivity index (χ0v) is 15.1. The van der Waals surface area contributed by atoms with Gasteiger partial charge in [-0.1, -0.05) is 23.8 Å². The lowest BCUT2D eigenvalue weighted by molar-refractivity contribution is -0.114. The summed E-state index contributed by atoms with van der Waals surface area (Å²) in [7, 11) is -3.68. The molecule has 0 radical (unpaired) electrons. The number of nitrogens with one attached hydrogen (secondary N) is 1. The van der Waals surface area contributed by atoms with Gasteiger partial charge in [0.25, 0.3) is 0 Å². The Labute approximate surface area is 147 Å². The molecular formula is C18H19N3O3S. The molecule has 25 heavy (non-hydrogen) atoms. The number of nitriles is 1. The maximum atomic E-state index is 12.4. The summed E-state index contributed by atoms with van der Waals surface area (Å²) in [5.41, 5.74) is 3.19. The van der Waals surface area contributed by atoms with E-state index in [1.165, 1.54) is 6.07 Å². The molecule has 2 aromatic carbocycles. The number of carbonyl (C=O) groups is 1. The summed E-state index contributed by atoms with van der Waals surface area (Å²) in [6.45, 7) is 3.44. The van der Waals surface area contributed by atoms with Gasteiger partial charge >= 0.3 is 0 Å². The van der Waals surface area contributed by atoms with Crippen LogP contribution in [0.3, 0.4) is 0 Å². The van der Waals surface area contributed by atoms with Crippen LogP contribution in [0.2, 0.25) is 0 Å². The number of benzene rings is 2. The van der Waals surface area contributed by atoms with Gasteiger partial charge in [0.15, 0.2) is 0 Å². The Hall–Kier alpha value is -2.85. The number of nitrogens with zero attached hydrogens (tertiary/aromatic N) is 2. The molecule has 0 spiro atoms. The third-order valence-electron chi connectivity index (χ3n) is 3.61. The molecule has 0 unspecified atom stereocenters. The van der Waals surface area contributed by atoms with Crippen molar-refractivity contribution in [2.45, 2.75) is 13.8 Å². The number of hydrogen-bond acceptors (Lipinski definition) is 4. The van der Waals surface area contributed by atoms with Crippen LogP contribution in [0.5, 0.6) is 0 Å². The molecule has 2 rings (SSSR count). The number of hydrogen-bond donors (Lipinski definition) is 1. The van der Waals surface area contributed by atoms with E-state index in [0.29, 0.717) is 11.3 Å². The van der Waals surface area contributed by atoms with Crippen molar-refractivity contribution in [1.29, 1.82) is 5.26 Å². The number of carbonyl (C=O) groups excluding carboxylic acids is 1. The van der Waals surface area contributed by atoms with Gasteiger partial charge in [-0.25, -0.2) is 8.42 Å². The minimum Gasteiger partial charge on any atom is -0.324 e. The highest BCUT2D eigenvalue weighted by Crippen LogP contribution is 2.20. The Bertz CT molecular complexity index is 946. The average molecular weight is 357 g/mol. The Morgan fingerprint density at radius 1 is 1.20 bits per heavy atom. The van der Waals surface area contributed by atoms with Crippen LogP contribution in [0.25, 0.3) is 0 Å². The van der Waals surface area contributed by atoms with Gasteiger partial charge in [0.05, 0.1) is 23.6 Å². The molecule has 0 aliphatic heterocycles. The third-order valence-corrected chi connectivity index (χ3v) is 4.75. The molecule has 0 aromatic heterocycles. The lowest BCUT2D eigenvalue weighted by Crippen LogP contribution is -2.37. The monoisotopic (exact) mass is 357 g/mol. The van der Waals surface area contributed by atoms with E-state index in [0.717, 1.165) is 21.7 Å². The summed E-state index contributed by atoms with van der Waals surface area (Å²) in [5.74, 6) is -0.459. The molecule has 6 nitrogen and oxygen atoms in total. The normalized spacial score (nSPS) is 10.8. The summed E-state index contributed by atoms with van der Waals surface area (Å²) in [4.78, 5) is 12.4. The molecule has 0 fully saturated rings. The van der Waals surface area contributed by atoms with E-state index in [2.05, 4.69) is 5.32 Å². The van der Waals surface area contributed by atoms with Crippen LogP contribution in [0.4, 0.5) is 11.4 Å². The lowest BCUT2D eigenvalue weighted by Gasteiger charge is -2.22. The fraction of sp³-hybridized carbons (Fsp3) is 0.222. The SMILES string of the molecule is Cc1ccc(NC(=O)CN(c2cccc(C#N)c2)S(C)(=O)=O)c(C)c1. The predicted molar refractivity (Wildman–Crippen MR) is 97.9 cm³/mol. The topological polar surface area (TPSA) is 90.3 Å². The standard InChI is InChI=1S/C18H19N3O3S/c1-13-7-8-17(14(2)9-13)20-18(22)12-21(25(3,23)24)16-6-4-5-15(10-16)11-19/h4-10H,12H2,1-3H3,(H,20,22). The second kappa shape index (κ2) is 7.36. The Morgan fingerprint density at radius 3 is 2.52 bits per heavy atom. The van der Waals surface area contributed by atoms with Gasteiger partial charge in [0.1, 0.15) is 6.54 Å². The average Bonchev–Trinajstić information content (AvgIpc) is 2.54. The van der Waals surface area contributed by atoms with E-state index in [9.17, 15) is 13.2 Å². The first-order chi connectivity index (χ1) is 11.7. The van der Waals surface area contributed by atoms with Crippen LogP contribution in [-0.4, -0.2) is 27.1 Å². The first kappa shape index (κ1) is 18.5. The van der Waals surface area contributed by atoms with E-state index in [1.807, 2.05) is 32.0 Å². The molecule has 0 saturated heterocycles. The predicted octanol–water partition coefficient (Wildman–Crippen LogP) is 2.58. The van der Waals surface area contributed by atoms with Crippen molar-refractivity contribution in [3.8, 4) is 6.07 Å². The van der Waals surface area contributed by atoms with Crippen molar-refractivity contribution in [3.05, 3.63) is 59.2 Å². The van der Waals surface area contributed by atoms with Gasteiger partial charge in [-0.3, -0.25) is 9.10 Å². The van der Waals surface area contributed by atoms with Crippen molar-refractivity contribution in [1.82, 2.24) is 0 Å². The highest BCUT2D eigenvalue weighted by molar-refractivity contribution is 7.92. The van der Waals surface area contributed by atoms with Crippen LogP contribution >= 0.6 is 0 Å². The number of amides is 1. The minimum absolute atomic E-state index is 0.275. The summed E-state index contributed by atoms with van der Waals surface area (Å²) in [5, 5.41) is 11.7. The Morgan fingerprint density at radius 2 is 1.92 bits per heavy atom. The van der Waals surface area contributed by atoms with Gasteiger partial charge in [-0.05, 0) is 43.7 Å². The minimum atomic E-state index is -3.68. The highest BCUT2D eigenvalue weighted by atomic mass is 32.2. The maximum absolute atomic E-state index is 12.4. The number of aryl methyl sites for hydroxylation is 2. The highest BCUT2D eigenvalue weighted by Gasteiger charge is 2.21. The molecule has 0 saturated carbocycles. The zero-order valence-electron chi connectivity index (χ0n) is 14.3. The zero-order chi connectivity index (χ0) is 18.6. The second-order valence-corrected chi connectivity index (χ2v) is 7.71. The largest absolute Gasteiger partial charge is 0.324 e. The fourth-order valence-electron chi connectivity index (χ4n) is 2.40. The van der Waals surface area contributed by atoms with Gasteiger partial charge in [-0.2, -0.15) is 5.26 Å². The molecule has 0 aliphatic rings. The van der Waals surface area contributed by atoms with Gasteiger partial charge in [-0.15, -0.1) is 0 Å². The molecule has 0 heterocycles. The Balaban J connectivity index is 2.25. The van der Waals surface area contributed by atoms with Crippen molar-refractivity contribution < 1.29 is 13.2 Å². The second-order valence-electron chi connectivity index (χ2n) is 5.80. The fourth-order valence-corrected chi connectivity index (χ4v) is 3.25. The molecule has 0 bridgehead atoms. The molecule has 130 valence electrons. The number of sulfonamides is 1. The summed E-state index contributed by atoms with van der Waals surface area (Å²) in [6.07, 6.45) is 1.02. The van der Waals surface area contributed by atoms with Crippen LogP contribution in [0.15, 0.2) is 42.5 Å². The summed E-state index contributed by atoms with van der Waals surface area (Å²) < 4.78 is 25.2. The smallest absolute Gasteiger partial charge is 0.245 e. The number of anilines is 2. The van der Waals surface area contributed by atoms with Gasteiger partial charge < -0.3 is 5.32 Å². The first-order valence-electron chi connectivity index (χ1n) is 7.55. The van der Waals surface area contributed by atoms with Crippen LogP contribution in [-0.2, 0) is 14.8 Å². The van der Waals surface area contributed by atoms with Crippen molar-refractivity contribution in [2.24, 2.45) is 0 Å². The van der Waals surface area contributed by atoms with Crippen molar-refractivity contribution in [3.63, 3.8) is 0 Å². The van der Waals surface area contributed by atoms with Crippen molar-refractivity contribution >= 4 is 27.3 Å². The van der Waals surface area contributed by atoms with Crippen LogP contribution in [0, 0.1) is 25.2 Å². The molecule has 0 atom stereocenters. The molecule has 1 amide bonds. The lowest BCUT2D eigenvalue weighted by atomic mass is 10.1. The molecule has 0 aliphatic carbocycles. The summed E-state index contributed by atoms with van der Waals surface area (Å²) in [6, 6.07) is 13.7. The molecular weight excluding hydrogens is 338 g/mol. The van der Waals surface area contributed by atoms with Gasteiger partial charge in [0.2, 0.25) is 15.9 Å². The number of rotatable bonds is 5. The van der Waals surface area contributed by atoms with Crippen molar-refractivity contribution in [2.75, 3.05) is 22.4 Å². The molecule has 2 aromatic rings. The van der Waals surface area contributed by atoms with Gasteiger partial charge in [0, 0.05) is 5.69 Å².